The van der Waals surface area contributed by atoms with Crippen molar-refractivity contribution in [3.8, 4) is 0 Å². The first-order valence-corrected chi connectivity index (χ1v) is 8.00. The third-order valence-electron chi connectivity index (χ3n) is 4.99. The predicted octanol–water partition coefficient (Wildman–Crippen LogP) is 4.19. The second kappa shape index (κ2) is 5.20. The highest BCUT2D eigenvalue weighted by Gasteiger charge is 2.35. The molecule has 0 radical (unpaired) electrons. The monoisotopic (exact) mass is 289 g/mol. The Labute approximate surface area is 130 Å². The minimum Gasteiger partial charge on any atom is -0.294 e. The first-order valence-electron chi connectivity index (χ1n) is 8.00. The first kappa shape index (κ1) is 13.4. The summed E-state index contributed by atoms with van der Waals surface area (Å²) in [5, 5.41) is 0. The van der Waals surface area contributed by atoms with Crippen molar-refractivity contribution in [1.82, 2.24) is 4.98 Å². The Morgan fingerprint density at radius 3 is 2.91 bits per heavy atom. The van der Waals surface area contributed by atoms with Crippen LogP contribution in [0, 0.1) is 6.92 Å². The van der Waals surface area contributed by atoms with Crippen LogP contribution in [0.25, 0.3) is 6.08 Å². The van der Waals surface area contributed by atoms with Crippen LogP contribution in [0.2, 0.25) is 0 Å². The first-order chi connectivity index (χ1) is 10.7. The fraction of sp³-hybridized carbons (Fsp3) is 0.300. The van der Waals surface area contributed by atoms with E-state index in [9.17, 15) is 4.79 Å². The van der Waals surface area contributed by atoms with Crippen molar-refractivity contribution in [1.29, 1.82) is 0 Å². The van der Waals surface area contributed by atoms with Crippen LogP contribution < -0.4 is 0 Å². The number of ketones is 1. The van der Waals surface area contributed by atoms with E-state index in [0.717, 1.165) is 36.1 Å². The van der Waals surface area contributed by atoms with Gasteiger partial charge >= 0.3 is 0 Å². The van der Waals surface area contributed by atoms with E-state index in [4.69, 9.17) is 0 Å². The highest BCUT2D eigenvalue weighted by molar-refractivity contribution is 6.02. The fourth-order valence-corrected chi connectivity index (χ4v) is 3.98. The number of benzene rings is 1. The maximum absolute atomic E-state index is 12.7. The van der Waals surface area contributed by atoms with Crippen LogP contribution in [-0.4, -0.2) is 10.8 Å². The number of fused-ring (bicyclic) bond motifs is 2. The molecule has 0 spiro atoms. The van der Waals surface area contributed by atoms with Gasteiger partial charge in [-0.3, -0.25) is 9.78 Å². The molecular weight excluding hydrogens is 270 g/mol. The number of rotatable bonds is 1. The Bertz CT molecular complexity index is 775. The summed E-state index contributed by atoms with van der Waals surface area (Å²) in [6.45, 7) is 1.99. The van der Waals surface area contributed by atoms with Gasteiger partial charge in [-0.15, -0.1) is 0 Å². The largest absolute Gasteiger partial charge is 0.294 e. The predicted molar refractivity (Wildman–Crippen MR) is 87.9 cm³/mol. The average Bonchev–Trinajstić information content (AvgIpc) is 2.54. The molecule has 1 heterocycles. The Kier molecular flexibility index (Phi) is 3.18. The highest BCUT2D eigenvalue weighted by atomic mass is 16.1. The molecule has 0 saturated carbocycles. The van der Waals surface area contributed by atoms with E-state index in [-0.39, 0.29) is 11.7 Å². The van der Waals surface area contributed by atoms with Gasteiger partial charge in [0.1, 0.15) is 0 Å². The lowest BCUT2D eigenvalue weighted by molar-refractivity contribution is -0.116. The lowest BCUT2D eigenvalue weighted by atomic mass is 9.69. The molecule has 0 fully saturated rings. The van der Waals surface area contributed by atoms with Crippen molar-refractivity contribution < 1.29 is 4.79 Å². The summed E-state index contributed by atoms with van der Waals surface area (Å²) in [5.74, 6) is 0.478. The number of pyridine rings is 1. The molecule has 2 atom stereocenters. The third kappa shape index (κ3) is 2.10. The van der Waals surface area contributed by atoms with Crippen molar-refractivity contribution in [2.75, 3.05) is 0 Å². The molecule has 1 aromatic carbocycles. The number of aryl methyl sites for hydroxylation is 2. The number of aromatic nitrogens is 1. The van der Waals surface area contributed by atoms with E-state index in [0.29, 0.717) is 5.92 Å². The Hall–Kier alpha value is -2.22. The molecule has 2 unspecified atom stereocenters. The number of hydrogen-bond donors (Lipinski definition) is 0. The van der Waals surface area contributed by atoms with Gasteiger partial charge in [0.15, 0.2) is 5.78 Å². The SMILES string of the molecule is Cc1cc2c(cn1)C=CC(=O)C2C1CCCc2ccccc21. The minimum atomic E-state index is -0.0526. The molecule has 0 N–H and O–H groups in total. The van der Waals surface area contributed by atoms with Crippen LogP contribution >= 0.6 is 0 Å². The van der Waals surface area contributed by atoms with E-state index in [1.54, 1.807) is 6.08 Å². The summed E-state index contributed by atoms with van der Waals surface area (Å²) in [5.41, 5.74) is 6.01. The molecule has 0 saturated heterocycles. The maximum atomic E-state index is 12.7. The van der Waals surface area contributed by atoms with Crippen molar-refractivity contribution in [3.05, 3.63) is 70.6 Å². The maximum Gasteiger partial charge on any atom is 0.163 e. The summed E-state index contributed by atoms with van der Waals surface area (Å²) in [6.07, 6.45) is 8.92. The van der Waals surface area contributed by atoms with Gasteiger partial charge in [0.2, 0.25) is 0 Å². The second-order valence-electron chi connectivity index (χ2n) is 6.37. The molecule has 2 heteroatoms. The normalized spacial score (nSPS) is 23.0. The summed E-state index contributed by atoms with van der Waals surface area (Å²) >= 11 is 0. The lowest BCUT2D eigenvalue weighted by Gasteiger charge is -2.33. The molecule has 2 aliphatic rings. The van der Waals surface area contributed by atoms with Gasteiger partial charge in [-0.2, -0.15) is 0 Å². The van der Waals surface area contributed by atoms with Crippen LogP contribution in [0.4, 0.5) is 0 Å². The van der Waals surface area contributed by atoms with Crippen molar-refractivity contribution in [2.24, 2.45) is 0 Å². The van der Waals surface area contributed by atoms with E-state index in [1.165, 1.54) is 11.1 Å². The Morgan fingerprint density at radius 1 is 1.14 bits per heavy atom. The smallest absolute Gasteiger partial charge is 0.163 e. The lowest BCUT2D eigenvalue weighted by Crippen LogP contribution is -2.25. The van der Waals surface area contributed by atoms with Crippen molar-refractivity contribution in [2.45, 2.75) is 38.0 Å². The molecule has 0 aliphatic heterocycles. The van der Waals surface area contributed by atoms with Gasteiger partial charge in [0.05, 0.1) is 5.92 Å². The van der Waals surface area contributed by atoms with Crippen LogP contribution in [0.3, 0.4) is 0 Å². The number of nitrogens with zero attached hydrogens (tertiary/aromatic N) is 1. The van der Waals surface area contributed by atoms with Gasteiger partial charge in [-0.25, -0.2) is 0 Å². The summed E-state index contributed by atoms with van der Waals surface area (Å²) in [4.78, 5) is 17.0. The number of carbonyl (C=O) groups excluding carboxylic acids is 1. The number of allylic oxidation sites excluding steroid dienone is 1. The van der Waals surface area contributed by atoms with E-state index < -0.39 is 0 Å². The molecule has 0 amide bonds. The van der Waals surface area contributed by atoms with E-state index in [1.807, 2.05) is 19.2 Å². The van der Waals surface area contributed by atoms with Crippen molar-refractivity contribution >= 4 is 11.9 Å². The average molecular weight is 289 g/mol. The van der Waals surface area contributed by atoms with Crippen LogP contribution in [0.1, 0.15) is 52.6 Å². The van der Waals surface area contributed by atoms with E-state index >= 15 is 0 Å². The zero-order valence-electron chi connectivity index (χ0n) is 12.8. The van der Waals surface area contributed by atoms with Gasteiger partial charge < -0.3 is 0 Å². The molecule has 2 nitrogen and oxygen atoms in total. The van der Waals surface area contributed by atoms with Crippen LogP contribution in [0.5, 0.6) is 0 Å². The Balaban J connectivity index is 1.85. The van der Waals surface area contributed by atoms with Gasteiger partial charge in [0, 0.05) is 11.9 Å². The Morgan fingerprint density at radius 2 is 2.00 bits per heavy atom. The number of carbonyl (C=O) groups is 1. The molecule has 110 valence electrons. The standard InChI is InChI=1S/C20H19NO/c1-13-11-18-15(12-21-13)9-10-19(22)20(18)17-8-4-6-14-5-2-3-7-16(14)17/h2-3,5,7,9-12,17,20H,4,6,8H2,1H3. The molecule has 0 bridgehead atoms. The molecule has 4 rings (SSSR count). The molecule has 1 aromatic heterocycles. The fourth-order valence-electron chi connectivity index (χ4n) is 3.98. The minimum absolute atomic E-state index is 0.0526. The van der Waals surface area contributed by atoms with Crippen molar-refractivity contribution in [3.63, 3.8) is 0 Å². The van der Waals surface area contributed by atoms with Crippen LogP contribution in [-0.2, 0) is 11.2 Å². The van der Waals surface area contributed by atoms with Gasteiger partial charge in [-0.1, -0.05) is 24.3 Å². The van der Waals surface area contributed by atoms with Gasteiger partial charge in [0.25, 0.3) is 0 Å². The van der Waals surface area contributed by atoms with Gasteiger partial charge in [-0.05, 0) is 72.6 Å². The molecule has 2 aliphatic carbocycles. The zero-order valence-corrected chi connectivity index (χ0v) is 12.8. The number of hydrogen-bond acceptors (Lipinski definition) is 2. The summed E-state index contributed by atoms with van der Waals surface area (Å²) in [7, 11) is 0. The highest BCUT2D eigenvalue weighted by Crippen LogP contribution is 2.44. The molecule has 2 aromatic rings. The van der Waals surface area contributed by atoms with Crippen LogP contribution in [0.15, 0.2) is 42.6 Å². The second-order valence-corrected chi connectivity index (χ2v) is 6.37. The van der Waals surface area contributed by atoms with E-state index in [2.05, 4.69) is 35.3 Å². The quantitative estimate of drug-likeness (QED) is 0.788. The topological polar surface area (TPSA) is 30.0 Å². The summed E-state index contributed by atoms with van der Waals surface area (Å²) < 4.78 is 0. The molecule has 22 heavy (non-hydrogen) atoms. The zero-order chi connectivity index (χ0) is 15.1. The molecular formula is C20H19NO. The third-order valence-corrected chi connectivity index (χ3v) is 4.99. The summed E-state index contributed by atoms with van der Waals surface area (Å²) in [6, 6.07) is 10.7.